The number of anilines is 1. The van der Waals surface area contributed by atoms with Gasteiger partial charge in [0, 0.05) is 36.3 Å². The molecule has 1 saturated heterocycles. The minimum atomic E-state index is -4.73. The standard InChI is InChI=1S/C26H30F5N3O3S2/c27-17-4-6-20(7-5-17)38-16-19(8-11-34-14-18(28)15-34)32-24-22(29)12-21(13-23(24)30)39(36,37)33-25(35)26(31)9-2-1-3-10-26/h4-7,12-13,18-19,32H,1-3,8-11,14-16H2,(H,33,35)/t19-/m1/s1. The fourth-order valence-electron chi connectivity index (χ4n) is 4.61. The zero-order valence-electron chi connectivity index (χ0n) is 21.1. The molecule has 2 aromatic carbocycles. The van der Waals surface area contributed by atoms with E-state index in [4.69, 9.17) is 0 Å². The van der Waals surface area contributed by atoms with Crippen LogP contribution < -0.4 is 10.0 Å². The van der Waals surface area contributed by atoms with Gasteiger partial charge in [-0.1, -0.05) is 6.42 Å². The van der Waals surface area contributed by atoms with E-state index in [1.165, 1.54) is 23.9 Å². The first kappa shape index (κ1) is 29.6. The van der Waals surface area contributed by atoms with Gasteiger partial charge in [0.15, 0.2) is 17.3 Å². The van der Waals surface area contributed by atoms with Crippen molar-refractivity contribution < 1.29 is 35.2 Å². The number of alkyl halides is 2. The Morgan fingerprint density at radius 2 is 1.67 bits per heavy atom. The van der Waals surface area contributed by atoms with E-state index < -0.39 is 61.8 Å². The summed E-state index contributed by atoms with van der Waals surface area (Å²) < 4.78 is 98.4. The molecule has 2 aliphatic rings. The summed E-state index contributed by atoms with van der Waals surface area (Å²) in [7, 11) is -4.73. The van der Waals surface area contributed by atoms with E-state index in [0.717, 1.165) is 11.3 Å². The maximum absolute atomic E-state index is 15.0. The van der Waals surface area contributed by atoms with Crippen LogP contribution >= 0.6 is 11.8 Å². The number of benzene rings is 2. The molecule has 6 nitrogen and oxygen atoms in total. The van der Waals surface area contributed by atoms with Crippen molar-refractivity contribution >= 4 is 33.4 Å². The van der Waals surface area contributed by atoms with Gasteiger partial charge in [0.25, 0.3) is 15.9 Å². The monoisotopic (exact) mass is 591 g/mol. The molecule has 1 aliphatic carbocycles. The highest BCUT2D eigenvalue weighted by molar-refractivity contribution is 7.99. The zero-order valence-corrected chi connectivity index (χ0v) is 22.7. The summed E-state index contributed by atoms with van der Waals surface area (Å²) in [6, 6.07) is 6.36. The Kier molecular flexibility index (Phi) is 9.43. The smallest absolute Gasteiger partial charge is 0.271 e. The molecule has 1 aliphatic heterocycles. The summed E-state index contributed by atoms with van der Waals surface area (Å²) in [5, 5.41) is 2.78. The van der Waals surface area contributed by atoms with Gasteiger partial charge in [0.2, 0.25) is 0 Å². The number of hydrogen-bond acceptors (Lipinski definition) is 6. The number of likely N-dealkylation sites (tertiary alicyclic amines) is 1. The molecular weight excluding hydrogens is 561 g/mol. The van der Waals surface area contributed by atoms with Crippen molar-refractivity contribution in [3.8, 4) is 0 Å². The van der Waals surface area contributed by atoms with Gasteiger partial charge in [0.05, 0.1) is 4.90 Å². The molecule has 0 unspecified atom stereocenters. The summed E-state index contributed by atoms with van der Waals surface area (Å²) in [6.45, 7) is 1.02. The number of rotatable bonds is 11. The topological polar surface area (TPSA) is 78.5 Å². The zero-order chi connectivity index (χ0) is 28.2. The Bertz CT molecular complexity index is 1250. The number of nitrogens with one attached hydrogen (secondary N) is 2. The molecule has 0 radical (unpaired) electrons. The third-order valence-electron chi connectivity index (χ3n) is 6.93. The lowest BCUT2D eigenvalue weighted by molar-refractivity contribution is -0.133. The second kappa shape index (κ2) is 12.4. The number of carbonyl (C=O) groups is 1. The van der Waals surface area contributed by atoms with Gasteiger partial charge >= 0.3 is 0 Å². The van der Waals surface area contributed by atoms with Crippen molar-refractivity contribution in [2.24, 2.45) is 0 Å². The number of hydrogen-bond donors (Lipinski definition) is 2. The molecule has 214 valence electrons. The lowest BCUT2D eigenvalue weighted by atomic mass is 9.86. The highest BCUT2D eigenvalue weighted by Crippen LogP contribution is 2.33. The second-order valence-corrected chi connectivity index (χ2v) is 12.8. The maximum Gasteiger partial charge on any atom is 0.271 e. The predicted octanol–water partition coefficient (Wildman–Crippen LogP) is 5.20. The molecular formula is C26H30F5N3O3S2. The lowest BCUT2D eigenvalue weighted by Gasteiger charge is -2.35. The fourth-order valence-corrected chi connectivity index (χ4v) is 6.65. The number of sulfonamides is 1. The molecule has 1 amide bonds. The summed E-state index contributed by atoms with van der Waals surface area (Å²) in [6.07, 6.45) is 0.838. The quantitative estimate of drug-likeness (QED) is 0.277. The Labute approximate surface area is 228 Å². The molecule has 13 heteroatoms. The summed E-state index contributed by atoms with van der Waals surface area (Å²) in [4.78, 5) is 14.1. The van der Waals surface area contributed by atoms with E-state index in [2.05, 4.69) is 5.32 Å². The van der Waals surface area contributed by atoms with Gasteiger partial charge in [0.1, 0.15) is 17.7 Å². The van der Waals surface area contributed by atoms with Crippen molar-refractivity contribution in [3.63, 3.8) is 0 Å². The minimum Gasteiger partial charge on any atom is -0.377 e. The third-order valence-corrected chi connectivity index (χ3v) is 9.41. The first-order valence-corrected chi connectivity index (χ1v) is 15.2. The Hall–Kier alpha value is -2.38. The third kappa shape index (κ3) is 7.63. The van der Waals surface area contributed by atoms with Gasteiger partial charge < -0.3 is 5.32 Å². The SMILES string of the molecule is O=C(NS(=O)(=O)c1cc(F)c(N[C@H](CCN2CC(F)C2)CSc2ccc(F)cc2)c(F)c1)C1(F)CCCCC1. The van der Waals surface area contributed by atoms with E-state index >= 15 is 8.78 Å². The molecule has 2 fully saturated rings. The van der Waals surface area contributed by atoms with Crippen LogP contribution in [0.4, 0.5) is 27.6 Å². The maximum atomic E-state index is 15.0. The molecule has 0 aromatic heterocycles. The number of thioether (sulfide) groups is 1. The van der Waals surface area contributed by atoms with Crippen LogP contribution in [-0.2, 0) is 14.8 Å². The van der Waals surface area contributed by atoms with Gasteiger partial charge in [-0.25, -0.2) is 35.1 Å². The van der Waals surface area contributed by atoms with Crippen LogP contribution in [0.3, 0.4) is 0 Å². The largest absolute Gasteiger partial charge is 0.377 e. The van der Waals surface area contributed by atoms with E-state index in [1.54, 1.807) is 16.9 Å². The van der Waals surface area contributed by atoms with Crippen LogP contribution in [0, 0.1) is 17.5 Å². The molecule has 39 heavy (non-hydrogen) atoms. The Morgan fingerprint density at radius 1 is 1.05 bits per heavy atom. The summed E-state index contributed by atoms with van der Waals surface area (Å²) in [5.41, 5.74) is -2.91. The normalized spacial score (nSPS) is 18.8. The van der Waals surface area contributed by atoms with Crippen LogP contribution in [0.5, 0.6) is 0 Å². The van der Waals surface area contributed by atoms with Crippen LogP contribution in [0.2, 0.25) is 0 Å². The molecule has 0 spiro atoms. The predicted molar refractivity (Wildman–Crippen MR) is 139 cm³/mol. The number of halogens is 5. The lowest BCUT2D eigenvalue weighted by Crippen LogP contribution is -2.49. The van der Waals surface area contributed by atoms with Gasteiger partial charge in [-0.05, 0) is 68.5 Å². The minimum absolute atomic E-state index is 0.124. The van der Waals surface area contributed by atoms with Crippen molar-refractivity contribution in [3.05, 3.63) is 53.8 Å². The molecule has 4 rings (SSSR count). The van der Waals surface area contributed by atoms with Gasteiger partial charge in [-0.3, -0.25) is 9.69 Å². The van der Waals surface area contributed by atoms with Crippen LogP contribution in [0.1, 0.15) is 38.5 Å². The number of amides is 1. The van der Waals surface area contributed by atoms with Crippen molar-refractivity contribution in [1.82, 2.24) is 9.62 Å². The number of nitrogens with zero attached hydrogens (tertiary/aromatic N) is 1. The van der Waals surface area contributed by atoms with Gasteiger partial charge in [-0.2, -0.15) is 0 Å². The molecule has 2 N–H and O–H groups in total. The molecule has 1 saturated carbocycles. The first-order valence-electron chi connectivity index (χ1n) is 12.7. The Morgan fingerprint density at radius 3 is 2.26 bits per heavy atom. The molecule has 1 heterocycles. The van der Waals surface area contributed by atoms with Crippen LogP contribution in [0.15, 0.2) is 46.2 Å². The van der Waals surface area contributed by atoms with Gasteiger partial charge in [-0.15, -0.1) is 11.8 Å². The van der Waals surface area contributed by atoms with Crippen LogP contribution in [0.25, 0.3) is 0 Å². The second-order valence-electron chi connectivity index (χ2n) is 9.97. The molecule has 1 atom stereocenters. The Balaban J connectivity index is 1.47. The van der Waals surface area contributed by atoms with E-state index in [-0.39, 0.29) is 25.9 Å². The average molecular weight is 592 g/mol. The van der Waals surface area contributed by atoms with E-state index in [9.17, 15) is 26.4 Å². The van der Waals surface area contributed by atoms with Crippen molar-refractivity contribution in [2.45, 2.75) is 66.2 Å². The van der Waals surface area contributed by atoms with E-state index in [0.29, 0.717) is 43.7 Å². The summed E-state index contributed by atoms with van der Waals surface area (Å²) in [5.74, 6) is -3.83. The molecule has 0 bridgehead atoms. The van der Waals surface area contributed by atoms with Crippen molar-refractivity contribution in [1.29, 1.82) is 0 Å². The first-order chi connectivity index (χ1) is 18.4. The fraction of sp³-hybridized carbons (Fsp3) is 0.500. The highest BCUT2D eigenvalue weighted by Gasteiger charge is 2.41. The average Bonchev–Trinajstić information content (AvgIpc) is 2.87. The molecule has 2 aromatic rings. The highest BCUT2D eigenvalue weighted by atomic mass is 32.2. The summed E-state index contributed by atoms with van der Waals surface area (Å²) >= 11 is 1.33. The number of carbonyl (C=O) groups excluding carboxylic acids is 1. The van der Waals surface area contributed by atoms with Crippen molar-refractivity contribution in [2.75, 3.05) is 30.7 Å². The van der Waals surface area contributed by atoms with E-state index in [1.807, 2.05) is 4.90 Å². The van der Waals surface area contributed by atoms with Crippen LogP contribution in [-0.4, -0.2) is 62.5 Å².